The Balaban J connectivity index is 1.96. The summed E-state index contributed by atoms with van der Waals surface area (Å²) in [4.78, 5) is 26.8. The molecule has 2 aromatic rings. The van der Waals surface area contributed by atoms with Crippen LogP contribution in [0.4, 0.5) is 10.7 Å². The summed E-state index contributed by atoms with van der Waals surface area (Å²) >= 11 is 1.56. The van der Waals surface area contributed by atoms with Crippen LogP contribution >= 0.6 is 11.3 Å². The maximum absolute atomic E-state index is 13.0. The van der Waals surface area contributed by atoms with Gasteiger partial charge in [-0.1, -0.05) is 45.9 Å². The van der Waals surface area contributed by atoms with E-state index in [0.717, 1.165) is 30.5 Å². The summed E-state index contributed by atoms with van der Waals surface area (Å²) in [6, 6.07) is 9.43. The number of anilines is 2. The fraction of sp³-hybridized carbons (Fsp3) is 0.429. The third kappa shape index (κ3) is 3.98. The van der Waals surface area contributed by atoms with E-state index in [2.05, 4.69) is 17.6 Å². The monoisotopic (exact) mass is 370 g/mol. The van der Waals surface area contributed by atoms with Gasteiger partial charge in [-0.15, -0.1) is 11.3 Å². The SMILES string of the molecule is CC1CCc2c(sc(NC(=O)C(C)(C)C)c2C(=O)Nc2ccccc2)C1. The Morgan fingerprint density at radius 2 is 1.81 bits per heavy atom. The summed E-state index contributed by atoms with van der Waals surface area (Å²) in [6.45, 7) is 7.87. The Bertz CT molecular complexity index is 819. The molecule has 2 N–H and O–H groups in total. The molecule has 1 aromatic heterocycles. The average Bonchev–Trinajstić information content (AvgIpc) is 2.91. The zero-order valence-corrected chi connectivity index (χ0v) is 16.6. The molecule has 26 heavy (non-hydrogen) atoms. The van der Waals surface area contributed by atoms with Crippen LogP contribution in [0, 0.1) is 11.3 Å². The van der Waals surface area contributed by atoms with Crippen molar-refractivity contribution in [3.8, 4) is 0 Å². The van der Waals surface area contributed by atoms with Crippen molar-refractivity contribution in [2.24, 2.45) is 11.3 Å². The number of nitrogens with one attached hydrogen (secondary N) is 2. The van der Waals surface area contributed by atoms with Gasteiger partial charge in [0.05, 0.1) is 5.56 Å². The smallest absolute Gasteiger partial charge is 0.258 e. The molecule has 1 heterocycles. The molecule has 4 nitrogen and oxygen atoms in total. The number of amides is 2. The number of carbonyl (C=O) groups is 2. The molecule has 0 saturated heterocycles. The van der Waals surface area contributed by atoms with E-state index in [0.29, 0.717) is 16.5 Å². The lowest BCUT2D eigenvalue weighted by Crippen LogP contribution is -2.28. The van der Waals surface area contributed by atoms with E-state index in [1.165, 1.54) is 4.88 Å². The molecule has 3 rings (SSSR count). The van der Waals surface area contributed by atoms with E-state index in [1.54, 1.807) is 11.3 Å². The number of hydrogen-bond acceptors (Lipinski definition) is 3. The molecule has 0 aliphatic heterocycles. The standard InChI is InChI=1S/C21H26N2O2S/c1-13-10-11-15-16(12-13)26-19(23-20(25)21(2,3)4)17(15)18(24)22-14-8-6-5-7-9-14/h5-9,13H,10-12H2,1-4H3,(H,22,24)(H,23,25). The highest BCUT2D eigenvalue weighted by molar-refractivity contribution is 7.17. The molecule has 1 atom stereocenters. The van der Waals surface area contributed by atoms with Gasteiger partial charge in [-0.2, -0.15) is 0 Å². The maximum Gasteiger partial charge on any atom is 0.258 e. The second kappa shape index (κ2) is 7.23. The first-order chi connectivity index (χ1) is 12.3. The zero-order valence-electron chi connectivity index (χ0n) is 15.8. The summed E-state index contributed by atoms with van der Waals surface area (Å²) in [5.41, 5.74) is 1.99. The fourth-order valence-electron chi connectivity index (χ4n) is 3.08. The van der Waals surface area contributed by atoms with E-state index < -0.39 is 5.41 Å². The van der Waals surface area contributed by atoms with Crippen LogP contribution in [0.15, 0.2) is 30.3 Å². The average molecular weight is 371 g/mol. The number of thiophene rings is 1. The van der Waals surface area contributed by atoms with Crippen LogP contribution in [0.2, 0.25) is 0 Å². The lowest BCUT2D eigenvalue weighted by Gasteiger charge is -2.19. The minimum atomic E-state index is -0.509. The minimum absolute atomic E-state index is 0.0714. The summed E-state index contributed by atoms with van der Waals surface area (Å²) in [5.74, 6) is 0.391. The van der Waals surface area contributed by atoms with Gasteiger partial charge in [-0.3, -0.25) is 9.59 Å². The molecule has 2 amide bonds. The van der Waals surface area contributed by atoms with E-state index in [1.807, 2.05) is 51.1 Å². The second-order valence-electron chi connectivity index (χ2n) is 8.08. The van der Waals surface area contributed by atoms with Crippen LogP contribution in [0.25, 0.3) is 0 Å². The maximum atomic E-state index is 13.0. The first-order valence-electron chi connectivity index (χ1n) is 9.08. The number of benzene rings is 1. The largest absolute Gasteiger partial charge is 0.322 e. The highest BCUT2D eigenvalue weighted by Gasteiger charge is 2.30. The van der Waals surface area contributed by atoms with Crippen LogP contribution in [0.1, 0.15) is 54.9 Å². The predicted octanol–water partition coefficient (Wildman–Crippen LogP) is 5.11. The van der Waals surface area contributed by atoms with Crippen molar-refractivity contribution in [3.05, 3.63) is 46.3 Å². The molecule has 5 heteroatoms. The molecule has 0 bridgehead atoms. The summed E-state index contributed by atoms with van der Waals surface area (Å²) < 4.78 is 0. The molecular weight excluding hydrogens is 344 g/mol. The van der Waals surface area contributed by atoms with E-state index in [4.69, 9.17) is 0 Å². The van der Waals surface area contributed by atoms with Gasteiger partial charge >= 0.3 is 0 Å². The minimum Gasteiger partial charge on any atom is -0.322 e. The quantitative estimate of drug-likeness (QED) is 0.789. The van der Waals surface area contributed by atoms with Crippen LogP contribution in [0.5, 0.6) is 0 Å². The molecule has 138 valence electrons. The second-order valence-corrected chi connectivity index (χ2v) is 9.19. The highest BCUT2D eigenvalue weighted by atomic mass is 32.1. The lowest BCUT2D eigenvalue weighted by molar-refractivity contribution is -0.123. The predicted molar refractivity (Wildman–Crippen MR) is 108 cm³/mol. The summed E-state index contributed by atoms with van der Waals surface area (Å²) in [5, 5.41) is 6.66. The Morgan fingerprint density at radius 1 is 1.12 bits per heavy atom. The van der Waals surface area contributed by atoms with Gasteiger partial charge in [0.2, 0.25) is 5.91 Å². The van der Waals surface area contributed by atoms with E-state index in [-0.39, 0.29) is 11.8 Å². The molecule has 0 saturated carbocycles. The zero-order chi connectivity index (χ0) is 18.9. The molecule has 1 aliphatic rings. The van der Waals surface area contributed by atoms with Gasteiger partial charge in [0.1, 0.15) is 5.00 Å². The molecular formula is C21H26N2O2S. The number of carbonyl (C=O) groups excluding carboxylic acids is 2. The van der Waals surface area contributed by atoms with Gasteiger partial charge in [-0.05, 0) is 42.9 Å². The van der Waals surface area contributed by atoms with Gasteiger partial charge in [0.15, 0.2) is 0 Å². The molecule has 0 radical (unpaired) electrons. The van der Waals surface area contributed by atoms with Gasteiger partial charge in [0, 0.05) is 16.0 Å². The summed E-state index contributed by atoms with van der Waals surface area (Å²) in [6.07, 6.45) is 2.93. The van der Waals surface area contributed by atoms with Gasteiger partial charge in [0.25, 0.3) is 5.91 Å². The summed E-state index contributed by atoms with van der Waals surface area (Å²) in [7, 11) is 0. The van der Waals surface area contributed by atoms with Crippen molar-refractivity contribution in [1.82, 2.24) is 0 Å². The molecule has 0 spiro atoms. The Hall–Kier alpha value is -2.14. The van der Waals surface area contributed by atoms with Crippen molar-refractivity contribution in [2.75, 3.05) is 10.6 Å². The van der Waals surface area contributed by atoms with E-state index >= 15 is 0 Å². The van der Waals surface area contributed by atoms with Crippen LogP contribution in [0.3, 0.4) is 0 Å². The molecule has 1 aliphatic carbocycles. The molecule has 1 aromatic carbocycles. The third-order valence-electron chi connectivity index (χ3n) is 4.68. The first-order valence-corrected chi connectivity index (χ1v) is 9.89. The highest BCUT2D eigenvalue weighted by Crippen LogP contribution is 2.40. The van der Waals surface area contributed by atoms with Crippen molar-refractivity contribution in [2.45, 2.75) is 47.0 Å². The number of rotatable bonds is 3. The van der Waals surface area contributed by atoms with Gasteiger partial charge in [-0.25, -0.2) is 0 Å². The van der Waals surface area contributed by atoms with Crippen molar-refractivity contribution in [3.63, 3.8) is 0 Å². The fourth-order valence-corrected chi connectivity index (χ4v) is 4.49. The normalized spacial score (nSPS) is 16.7. The Morgan fingerprint density at radius 3 is 2.46 bits per heavy atom. The number of fused-ring (bicyclic) bond motifs is 1. The van der Waals surface area contributed by atoms with Crippen molar-refractivity contribution in [1.29, 1.82) is 0 Å². The van der Waals surface area contributed by atoms with Gasteiger partial charge < -0.3 is 10.6 Å². The van der Waals surface area contributed by atoms with Crippen LogP contribution in [-0.2, 0) is 17.6 Å². The third-order valence-corrected chi connectivity index (χ3v) is 5.85. The van der Waals surface area contributed by atoms with Crippen molar-refractivity contribution >= 4 is 33.8 Å². The van der Waals surface area contributed by atoms with Crippen LogP contribution < -0.4 is 10.6 Å². The molecule has 1 unspecified atom stereocenters. The number of para-hydroxylation sites is 1. The molecule has 0 fully saturated rings. The topological polar surface area (TPSA) is 58.2 Å². The number of hydrogen-bond donors (Lipinski definition) is 2. The first kappa shape index (κ1) is 18.6. The van der Waals surface area contributed by atoms with Crippen LogP contribution in [-0.4, -0.2) is 11.8 Å². The van der Waals surface area contributed by atoms with Crippen molar-refractivity contribution < 1.29 is 9.59 Å². The van der Waals surface area contributed by atoms with E-state index in [9.17, 15) is 9.59 Å². The Labute approximate surface area is 159 Å². The Kier molecular flexibility index (Phi) is 5.19. The lowest BCUT2D eigenvalue weighted by atomic mass is 9.88.